The van der Waals surface area contributed by atoms with Crippen molar-refractivity contribution in [3.8, 4) is 0 Å². The van der Waals surface area contributed by atoms with Crippen LogP contribution in [0.15, 0.2) is 49.4 Å². The lowest BCUT2D eigenvalue weighted by Crippen LogP contribution is -2.40. The van der Waals surface area contributed by atoms with Gasteiger partial charge in [-0.25, -0.2) is 9.59 Å². The standard InChI is InChI=1S/C17H14BrN3O4S/c1-17(12-6-7-13(18)26-12)14(22)21(15(23)19-17)9-8-20-10-4-2-3-5-11(10)25-16(20)24/h2-7H,8-9H2,1H3,(H,19,23). The number of carbonyl (C=O) groups excluding carboxylic acids is 2. The van der Waals surface area contributed by atoms with E-state index in [1.165, 1.54) is 15.9 Å². The van der Waals surface area contributed by atoms with E-state index in [1.807, 2.05) is 12.1 Å². The monoisotopic (exact) mass is 435 g/mol. The zero-order valence-electron chi connectivity index (χ0n) is 13.7. The van der Waals surface area contributed by atoms with Crippen LogP contribution in [0.25, 0.3) is 11.1 Å². The van der Waals surface area contributed by atoms with Crippen LogP contribution in [0.1, 0.15) is 11.8 Å². The SMILES string of the molecule is CC1(c2ccc(Br)s2)NC(=O)N(CCn2c(=O)oc3ccccc32)C1=O. The number of para-hydroxylation sites is 2. The summed E-state index contributed by atoms with van der Waals surface area (Å²) in [5, 5.41) is 2.76. The molecule has 0 aliphatic carbocycles. The molecular formula is C17H14BrN3O4S. The van der Waals surface area contributed by atoms with Crippen LogP contribution < -0.4 is 11.1 Å². The predicted molar refractivity (Wildman–Crippen MR) is 100 cm³/mol. The van der Waals surface area contributed by atoms with E-state index in [-0.39, 0.29) is 19.0 Å². The molecule has 1 saturated heterocycles. The van der Waals surface area contributed by atoms with Gasteiger partial charge in [-0.05, 0) is 47.1 Å². The molecule has 134 valence electrons. The van der Waals surface area contributed by atoms with Crippen molar-refractivity contribution in [1.29, 1.82) is 0 Å². The number of rotatable bonds is 4. The van der Waals surface area contributed by atoms with Crippen LogP contribution >= 0.6 is 27.3 Å². The number of imide groups is 1. The number of oxazole rings is 1. The van der Waals surface area contributed by atoms with Crippen molar-refractivity contribution in [2.75, 3.05) is 6.54 Å². The van der Waals surface area contributed by atoms with Crippen molar-refractivity contribution >= 4 is 50.3 Å². The number of benzene rings is 1. The highest BCUT2D eigenvalue weighted by molar-refractivity contribution is 9.11. The Morgan fingerprint density at radius 1 is 1.15 bits per heavy atom. The molecule has 1 N–H and O–H groups in total. The number of fused-ring (bicyclic) bond motifs is 1. The number of thiophene rings is 1. The minimum atomic E-state index is -1.10. The Balaban J connectivity index is 1.59. The van der Waals surface area contributed by atoms with Gasteiger partial charge in [-0.1, -0.05) is 12.1 Å². The topological polar surface area (TPSA) is 84.6 Å². The van der Waals surface area contributed by atoms with Gasteiger partial charge in [0.05, 0.1) is 9.30 Å². The number of hydrogen-bond donors (Lipinski definition) is 1. The van der Waals surface area contributed by atoms with E-state index in [0.29, 0.717) is 11.1 Å². The first kappa shape index (κ1) is 17.0. The predicted octanol–water partition coefficient (Wildman–Crippen LogP) is 2.89. The summed E-state index contributed by atoms with van der Waals surface area (Å²) in [5.41, 5.74) is 0.00877. The van der Waals surface area contributed by atoms with E-state index in [9.17, 15) is 14.4 Å². The third-order valence-corrected chi connectivity index (χ3v) is 6.31. The van der Waals surface area contributed by atoms with Gasteiger partial charge in [0.2, 0.25) is 0 Å². The van der Waals surface area contributed by atoms with Crippen molar-refractivity contribution in [3.63, 3.8) is 0 Å². The molecule has 4 rings (SSSR count). The van der Waals surface area contributed by atoms with Gasteiger partial charge in [0.1, 0.15) is 0 Å². The van der Waals surface area contributed by atoms with E-state index in [4.69, 9.17) is 4.42 Å². The van der Waals surface area contributed by atoms with Crippen LogP contribution in [-0.4, -0.2) is 28.0 Å². The third-order valence-electron chi connectivity index (χ3n) is 4.46. The molecule has 1 fully saturated rings. The fourth-order valence-corrected chi connectivity index (χ4v) is 4.56. The summed E-state index contributed by atoms with van der Waals surface area (Å²) in [5.74, 6) is -0.846. The second kappa shape index (κ2) is 6.10. The minimum absolute atomic E-state index is 0.0796. The summed E-state index contributed by atoms with van der Waals surface area (Å²) in [6, 6.07) is 10.2. The maximum absolute atomic E-state index is 12.9. The van der Waals surface area contributed by atoms with Gasteiger partial charge in [-0.2, -0.15) is 0 Å². The van der Waals surface area contributed by atoms with Crippen LogP contribution in [0.3, 0.4) is 0 Å². The van der Waals surface area contributed by atoms with Crippen LogP contribution in [0.2, 0.25) is 0 Å². The molecule has 0 bridgehead atoms. The highest BCUT2D eigenvalue weighted by Gasteiger charge is 2.49. The molecule has 1 aliphatic heterocycles. The number of urea groups is 1. The molecule has 7 nitrogen and oxygen atoms in total. The molecule has 0 spiro atoms. The fourth-order valence-electron chi connectivity index (χ4n) is 3.08. The van der Waals surface area contributed by atoms with Crippen molar-refractivity contribution < 1.29 is 14.0 Å². The molecule has 1 aliphatic rings. The number of amides is 3. The second-order valence-electron chi connectivity index (χ2n) is 6.10. The van der Waals surface area contributed by atoms with Gasteiger partial charge in [-0.15, -0.1) is 11.3 Å². The molecule has 2 aromatic heterocycles. The summed E-state index contributed by atoms with van der Waals surface area (Å²) in [6.07, 6.45) is 0. The lowest BCUT2D eigenvalue weighted by Gasteiger charge is -2.20. The molecule has 9 heteroatoms. The summed E-state index contributed by atoms with van der Waals surface area (Å²) in [7, 11) is 0. The van der Waals surface area contributed by atoms with Gasteiger partial charge in [0, 0.05) is 18.0 Å². The smallest absolute Gasteiger partial charge is 0.408 e. The second-order valence-corrected chi connectivity index (χ2v) is 8.57. The molecular weight excluding hydrogens is 422 g/mol. The average Bonchev–Trinajstić information content (AvgIpc) is 3.23. The number of hydrogen-bond acceptors (Lipinski definition) is 5. The fraction of sp³-hybridized carbons (Fsp3) is 0.235. The Morgan fingerprint density at radius 2 is 1.92 bits per heavy atom. The lowest BCUT2D eigenvalue weighted by atomic mass is 10.0. The third kappa shape index (κ3) is 2.58. The maximum Gasteiger partial charge on any atom is 0.420 e. The Bertz CT molecular complexity index is 1090. The van der Waals surface area contributed by atoms with E-state index < -0.39 is 17.3 Å². The molecule has 3 aromatic rings. The molecule has 0 radical (unpaired) electrons. The molecule has 3 heterocycles. The quantitative estimate of drug-likeness (QED) is 0.638. The van der Waals surface area contributed by atoms with Crippen LogP contribution in [0.5, 0.6) is 0 Å². The van der Waals surface area contributed by atoms with E-state index in [2.05, 4.69) is 21.2 Å². The Hall–Kier alpha value is -2.39. The van der Waals surface area contributed by atoms with Crippen LogP contribution in [0.4, 0.5) is 4.79 Å². The van der Waals surface area contributed by atoms with E-state index in [0.717, 1.165) is 13.6 Å². The summed E-state index contributed by atoms with van der Waals surface area (Å²) < 4.78 is 7.48. The highest BCUT2D eigenvalue weighted by Crippen LogP contribution is 2.35. The number of halogens is 1. The minimum Gasteiger partial charge on any atom is -0.408 e. The van der Waals surface area contributed by atoms with E-state index in [1.54, 1.807) is 31.2 Å². The number of aromatic nitrogens is 1. The molecule has 3 amide bonds. The van der Waals surface area contributed by atoms with Crippen molar-refractivity contribution in [1.82, 2.24) is 14.8 Å². The van der Waals surface area contributed by atoms with Gasteiger partial charge < -0.3 is 9.73 Å². The Kier molecular flexibility index (Phi) is 4.00. The Morgan fingerprint density at radius 3 is 2.65 bits per heavy atom. The number of nitrogens with zero attached hydrogens (tertiary/aromatic N) is 2. The molecule has 1 atom stereocenters. The Labute approximate surface area is 160 Å². The summed E-state index contributed by atoms with van der Waals surface area (Å²) in [4.78, 5) is 39.2. The number of nitrogens with one attached hydrogen (secondary N) is 1. The maximum atomic E-state index is 12.9. The van der Waals surface area contributed by atoms with Gasteiger partial charge in [-0.3, -0.25) is 14.3 Å². The van der Waals surface area contributed by atoms with E-state index >= 15 is 0 Å². The first-order valence-corrected chi connectivity index (χ1v) is 9.49. The molecule has 26 heavy (non-hydrogen) atoms. The summed E-state index contributed by atoms with van der Waals surface area (Å²) >= 11 is 4.77. The highest BCUT2D eigenvalue weighted by atomic mass is 79.9. The van der Waals surface area contributed by atoms with Crippen molar-refractivity contribution in [2.45, 2.75) is 19.0 Å². The van der Waals surface area contributed by atoms with Crippen LogP contribution in [0, 0.1) is 0 Å². The first-order chi connectivity index (χ1) is 12.4. The largest absolute Gasteiger partial charge is 0.420 e. The van der Waals surface area contributed by atoms with Crippen molar-refractivity contribution in [3.05, 3.63) is 55.6 Å². The normalized spacial score (nSPS) is 20.2. The van der Waals surface area contributed by atoms with Crippen molar-refractivity contribution in [2.24, 2.45) is 0 Å². The zero-order valence-corrected chi connectivity index (χ0v) is 16.1. The molecule has 0 saturated carbocycles. The number of carbonyl (C=O) groups is 2. The molecule has 1 unspecified atom stereocenters. The molecule has 1 aromatic carbocycles. The first-order valence-electron chi connectivity index (χ1n) is 7.88. The zero-order chi connectivity index (χ0) is 18.5. The van der Waals surface area contributed by atoms with Gasteiger partial charge in [0.15, 0.2) is 11.1 Å². The van der Waals surface area contributed by atoms with Crippen LogP contribution in [-0.2, 0) is 16.9 Å². The van der Waals surface area contributed by atoms with Gasteiger partial charge in [0.25, 0.3) is 5.91 Å². The lowest BCUT2D eigenvalue weighted by molar-refractivity contribution is -0.131. The van der Waals surface area contributed by atoms with Gasteiger partial charge >= 0.3 is 11.8 Å². The summed E-state index contributed by atoms with van der Waals surface area (Å²) in [6.45, 7) is 1.93. The average molecular weight is 436 g/mol.